The van der Waals surface area contributed by atoms with Crippen LogP contribution in [0.15, 0.2) is 79.1 Å². The number of nitrogens with one attached hydrogen (secondary N) is 1. The van der Waals surface area contributed by atoms with E-state index in [1.54, 1.807) is 35.9 Å². The first-order valence-electron chi connectivity index (χ1n) is 16.4. The fourth-order valence-electron chi connectivity index (χ4n) is 5.91. The molecule has 0 bridgehead atoms. The number of hydrogen-bond donors (Lipinski definition) is 1. The minimum absolute atomic E-state index is 0.00189. The van der Waals surface area contributed by atoms with E-state index in [0.717, 1.165) is 34.7 Å². The maximum atomic E-state index is 13.6. The van der Waals surface area contributed by atoms with Crippen LogP contribution in [0.4, 0.5) is 27.6 Å². The molecule has 1 aliphatic heterocycles. The topological polar surface area (TPSA) is 102 Å². The molecule has 0 radical (unpaired) electrons. The number of fused-ring (bicyclic) bond motifs is 1. The number of ether oxygens (including phenoxy) is 2. The van der Waals surface area contributed by atoms with Gasteiger partial charge in [-0.05, 0) is 66.6 Å². The fraction of sp³-hybridized carbons (Fsp3) is 0.297. The van der Waals surface area contributed by atoms with Crippen LogP contribution in [0.2, 0.25) is 0 Å². The Labute approximate surface area is 295 Å². The number of aromatic nitrogens is 3. The Balaban J connectivity index is 1.03. The average Bonchev–Trinajstić information content (AvgIpc) is 3.46. The van der Waals surface area contributed by atoms with E-state index < -0.39 is 37.1 Å². The number of rotatable bonds is 11. The van der Waals surface area contributed by atoms with Gasteiger partial charge in [-0.25, -0.2) is 18.7 Å². The molecule has 1 N–H and O–H groups in total. The third kappa shape index (κ3) is 8.31. The van der Waals surface area contributed by atoms with Crippen LogP contribution in [-0.2, 0) is 19.8 Å². The monoisotopic (exact) mass is 722 g/mol. The SMILES string of the molecule is Cc1cc(C(F)(F)F)ccc1C(=O)Nc1cnc(Oc2ccc3cc(C(=O)N4CCN(Cc5ccc(OC(CF)CF)cc5)CC4)n(C)c3c2)nc1. The van der Waals surface area contributed by atoms with Crippen LogP contribution in [0.1, 0.15) is 37.5 Å². The van der Waals surface area contributed by atoms with Crippen molar-refractivity contribution in [2.24, 2.45) is 7.05 Å². The smallest absolute Gasteiger partial charge is 0.416 e. The third-order valence-electron chi connectivity index (χ3n) is 8.77. The zero-order valence-corrected chi connectivity index (χ0v) is 28.3. The van der Waals surface area contributed by atoms with Gasteiger partial charge in [-0.1, -0.05) is 12.1 Å². The Morgan fingerprint density at radius 1 is 0.885 bits per heavy atom. The quantitative estimate of drug-likeness (QED) is 0.147. The summed E-state index contributed by atoms with van der Waals surface area (Å²) in [5.41, 5.74) is 1.95. The number of halogens is 5. The predicted molar refractivity (Wildman–Crippen MR) is 183 cm³/mol. The summed E-state index contributed by atoms with van der Waals surface area (Å²) in [7, 11) is 1.80. The molecule has 52 heavy (non-hydrogen) atoms. The molecule has 1 aliphatic rings. The highest BCUT2D eigenvalue weighted by molar-refractivity contribution is 6.05. The average molecular weight is 723 g/mol. The normalized spacial score (nSPS) is 13.8. The van der Waals surface area contributed by atoms with Crippen molar-refractivity contribution in [1.82, 2.24) is 24.3 Å². The van der Waals surface area contributed by atoms with Crippen LogP contribution in [0.25, 0.3) is 10.9 Å². The fourth-order valence-corrected chi connectivity index (χ4v) is 5.91. The van der Waals surface area contributed by atoms with Crippen LogP contribution < -0.4 is 14.8 Å². The summed E-state index contributed by atoms with van der Waals surface area (Å²) < 4.78 is 77.4. The number of hydrogen-bond acceptors (Lipinski definition) is 7. The largest absolute Gasteiger partial charge is 0.485 e. The van der Waals surface area contributed by atoms with Crippen LogP contribution >= 0.6 is 0 Å². The van der Waals surface area contributed by atoms with Crippen LogP contribution in [0.5, 0.6) is 17.5 Å². The van der Waals surface area contributed by atoms with Crippen molar-refractivity contribution in [3.8, 4) is 17.5 Å². The van der Waals surface area contributed by atoms with Crippen molar-refractivity contribution < 1.29 is 41.0 Å². The standard InChI is InChI=1S/C37H35F5N6O4/c1-23-15-26(37(40,41)42)6-10-31(23)34(49)45-27-20-43-36(44-21-27)52-29-9-5-25-16-33(46(2)32(25)17-29)35(50)48-13-11-47(12-14-48)22-24-3-7-28(8-4-24)51-30(18-38)19-39/h3-10,15-17,20-21,30H,11-14,18-19,22H2,1-2H3,(H,45,49). The zero-order chi connectivity index (χ0) is 37.0. The minimum Gasteiger partial charge on any atom is -0.485 e. The number of amides is 2. The highest BCUT2D eigenvalue weighted by Gasteiger charge is 2.31. The number of anilines is 1. The van der Waals surface area contributed by atoms with E-state index in [2.05, 4.69) is 20.2 Å². The lowest BCUT2D eigenvalue weighted by molar-refractivity contribution is -0.137. The van der Waals surface area contributed by atoms with Gasteiger partial charge in [0, 0.05) is 56.8 Å². The first kappa shape index (κ1) is 36.2. The molecule has 10 nitrogen and oxygen atoms in total. The minimum atomic E-state index is -4.51. The maximum absolute atomic E-state index is 13.6. The van der Waals surface area contributed by atoms with E-state index in [1.807, 2.05) is 29.2 Å². The Morgan fingerprint density at radius 3 is 2.19 bits per heavy atom. The molecular weight excluding hydrogens is 687 g/mol. The van der Waals surface area contributed by atoms with Gasteiger partial charge in [-0.15, -0.1) is 0 Å². The van der Waals surface area contributed by atoms with E-state index in [9.17, 15) is 31.5 Å². The van der Waals surface area contributed by atoms with Crippen LogP contribution in [0.3, 0.4) is 0 Å². The maximum Gasteiger partial charge on any atom is 0.416 e. The molecule has 1 saturated heterocycles. The highest BCUT2D eigenvalue weighted by atomic mass is 19.4. The lowest BCUT2D eigenvalue weighted by atomic mass is 10.0. The van der Waals surface area contributed by atoms with Gasteiger partial charge in [0.25, 0.3) is 11.8 Å². The molecule has 0 spiro atoms. The van der Waals surface area contributed by atoms with Gasteiger partial charge in [0.15, 0.2) is 6.10 Å². The lowest BCUT2D eigenvalue weighted by Gasteiger charge is -2.34. The van der Waals surface area contributed by atoms with Gasteiger partial charge in [0.1, 0.15) is 30.5 Å². The summed E-state index contributed by atoms with van der Waals surface area (Å²) in [5.74, 6) is 0.134. The summed E-state index contributed by atoms with van der Waals surface area (Å²) in [6.45, 7) is 2.74. The van der Waals surface area contributed by atoms with Crippen LogP contribution in [-0.4, -0.2) is 81.8 Å². The molecule has 0 unspecified atom stereocenters. The highest BCUT2D eigenvalue weighted by Crippen LogP contribution is 2.31. The predicted octanol–water partition coefficient (Wildman–Crippen LogP) is 6.98. The number of carbonyl (C=O) groups is 2. The first-order chi connectivity index (χ1) is 24.9. The van der Waals surface area contributed by atoms with Crippen molar-refractivity contribution in [3.63, 3.8) is 0 Å². The molecule has 0 saturated carbocycles. The van der Waals surface area contributed by atoms with Crippen molar-refractivity contribution in [2.45, 2.75) is 25.7 Å². The van der Waals surface area contributed by atoms with Gasteiger partial charge < -0.3 is 24.3 Å². The van der Waals surface area contributed by atoms with E-state index in [1.165, 1.54) is 19.3 Å². The van der Waals surface area contributed by atoms with Gasteiger partial charge >= 0.3 is 12.2 Å². The Kier molecular flexibility index (Phi) is 10.7. The van der Waals surface area contributed by atoms with Gasteiger partial charge in [0.2, 0.25) is 0 Å². The molecule has 0 aliphatic carbocycles. The van der Waals surface area contributed by atoms with Gasteiger partial charge in [-0.2, -0.15) is 13.2 Å². The Morgan fingerprint density at radius 2 is 1.56 bits per heavy atom. The lowest BCUT2D eigenvalue weighted by Crippen LogP contribution is -2.48. The summed E-state index contributed by atoms with van der Waals surface area (Å²) in [6, 6.07) is 17.2. The van der Waals surface area contributed by atoms with Crippen molar-refractivity contribution in [1.29, 1.82) is 0 Å². The number of alkyl halides is 5. The Hall–Kier alpha value is -5.57. The molecule has 1 fully saturated rings. The number of piperazine rings is 1. The molecule has 2 aromatic heterocycles. The Bertz CT molecular complexity index is 2040. The van der Waals surface area contributed by atoms with Crippen molar-refractivity contribution >= 4 is 28.4 Å². The summed E-state index contributed by atoms with van der Waals surface area (Å²) in [5, 5.41) is 3.42. The first-order valence-corrected chi connectivity index (χ1v) is 16.4. The molecule has 6 rings (SSSR count). The third-order valence-corrected chi connectivity index (χ3v) is 8.77. The summed E-state index contributed by atoms with van der Waals surface area (Å²) in [6.07, 6.45) is -2.97. The van der Waals surface area contributed by atoms with Gasteiger partial charge in [-0.3, -0.25) is 14.5 Å². The number of carbonyl (C=O) groups excluding carboxylic acids is 2. The van der Waals surface area contributed by atoms with Crippen LogP contribution in [0, 0.1) is 6.92 Å². The van der Waals surface area contributed by atoms with Crippen molar-refractivity contribution in [3.05, 3.63) is 107 Å². The second kappa shape index (κ2) is 15.4. The molecule has 15 heteroatoms. The number of benzene rings is 3. The van der Waals surface area contributed by atoms with E-state index in [4.69, 9.17) is 9.47 Å². The van der Waals surface area contributed by atoms with E-state index in [-0.39, 0.29) is 28.7 Å². The summed E-state index contributed by atoms with van der Waals surface area (Å²) in [4.78, 5) is 38.6. The van der Waals surface area contributed by atoms with Crippen molar-refractivity contribution in [2.75, 3.05) is 44.8 Å². The number of aryl methyl sites for hydroxylation is 2. The molecule has 272 valence electrons. The molecule has 2 amide bonds. The molecule has 5 aromatic rings. The summed E-state index contributed by atoms with van der Waals surface area (Å²) >= 11 is 0. The van der Waals surface area contributed by atoms with E-state index >= 15 is 0 Å². The number of nitrogens with zero attached hydrogens (tertiary/aromatic N) is 5. The molecular formula is C37H35F5N6O4. The second-order valence-electron chi connectivity index (χ2n) is 12.4. The molecule has 3 aromatic carbocycles. The molecule has 3 heterocycles. The van der Waals surface area contributed by atoms with E-state index in [0.29, 0.717) is 49.9 Å². The van der Waals surface area contributed by atoms with Gasteiger partial charge in [0.05, 0.1) is 29.2 Å². The second-order valence-corrected chi connectivity index (χ2v) is 12.4. The molecule has 0 atom stereocenters. The zero-order valence-electron chi connectivity index (χ0n) is 28.3.